The highest BCUT2D eigenvalue weighted by Crippen LogP contribution is 2.11. The lowest BCUT2D eigenvalue weighted by Crippen LogP contribution is -2.35. The number of carbonyl (C=O) groups excluding carboxylic acids is 1. The molecule has 0 bridgehead atoms. The molecule has 1 aliphatic heterocycles. The molecule has 0 saturated carbocycles. The Bertz CT molecular complexity index is 263. The van der Waals surface area contributed by atoms with Gasteiger partial charge in [-0.1, -0.05) is 6.42 Å². The molecular formula is C13H24N2O3. The maximum Gasteiger partial charge on any atom is 0.303 e. The van der Waals surface area contributed by atoms with Crippen molar-refractivity contribution >= 4 is 11.9 Å². The van der Waals surface area contributed by atoms with Crippen molar-refractivity contribution < 1.29 is 14.7 Å². The molecule has 1 unspecified atom stereocenters. The van der Waals surface area contributed by atoms with Crippen LogP contribution in [0.1, 0.15) is 51.4 Å². The number of nitrogens with one attached hydrogen (secondary N) is 2. The number of carboxylic acid groups (broad SMARTS) is 1. The summed E-state index contributed by atoms with van der Waals surface area (Å²) in [5, 5.41) is 14.7. The number of carbonyl (C=O) groups is 2. The van der Waals surface area contributed by atoms with Crippen LogP contribution in [-0.4, -0.2) is 36.1 Å². The highest BCUT2D eigenvalue weighted by atomic mass is 16.4. The summed E-state index contributed by atoms with van der Waals surface area (Å²) in [7, 11) is 0. The van der Waals surface area contributed by atoms with Crippen molar-refractivity contribution in [2.45, 2.75) is 57.4 Å². The van der Waals surface area contributed by atoms with E-state index in [0.717, 1.165) is 19.4 Å². The zero-order chi connectivity index (χ0) is 13.2. The van der Waals surface area contributed by atoms with Gasteiger partial charge in [0.25, 0.3) is 0 Å². The van der Waals surface area contributed by atoms with Gasteiger partial charge >= 0.3 is 5.97 Å². The molecule has 104 valence electrons. The Kier molecular flexibility index (Phi) is 7.41. The average Bonchev–Trinajstić information content (AvgIpc) is 2.37. The second-order valence-corrected chi connectivity index (χ2v) is 4.89. The monoisotopic (exact) mass is 256 g/mol. The van der Waals surface area contributed by atoms with Crippen LogP contribution >= 0.6 is 0 Å². The number of aliphatic carboxylic acids is 1. The van der Waals surface area contributed by atoms with Gasteiger partial charge in [0, 0.05) is 25.4 Å². The second-order valence-electron chi connectivity index (χ2n) is 4.89. The van der Waals surface area contributed by atoms with Crippen LogP contribution < -0.4 is 10.6 Å². The maximum atomic E-state index is 11.5. The average molecular weight is 256 g/mol. The first-order chi connectivity index (χ1) is 8.68. The van der Waals surface area contributed by atoms with Crippen molar-refractivity contribution in [3.8, 4) is 0 Å². The Morgan fingerprint density at radius 2 is 2.06 bits per heavy atom. The molecule has 5 heteroatoms. The van der Waals surface area contributed by atoms with Gasteiger partial charge in [0.15, 0.2) is 0 Å². The fourth-order valence-corrected chi connectivity index (χ4v) is 2.19. The van der Waals surface area contributed by atoms with E-state index >= 15 is 0 Å². The summed E-state index contributed by atoms with van der Waals surface area (Å²) < 4.78 is 0. The van der Waals surface area contributed by atoms with E-state index in [2.05, 4.69) is 10.6 Å². The summed E-state index contributed by atoms with van der Waals surface area (Å²) in [6.07, 6.45) is 6.69. The zero-order valence-corrected chi connectivity index (χ0v) is 10.9. The van der Waals surface area contributed by atoms with Crippen LogP contribution in [0.15, 0.2) is 0 Å². The van der Waals surface area contributed by atoms with Crippen molar-refractivity contribution in [2.24, 2.45) is 0 Å². The topological polar surface area (TPSA) is 78.4 Å². The van der Waals surface area contributed by atoms with Gasteiger partial charge in [0.2, 0.25) is 5.91 Å². The van der Waals surface area contributed by atoms with Crippen LogP contribution in [0.3, 0.4) is 0 Å². The van der Waals surface area contributed by atoms with Crippen molar-refractivity contribution in [2.75, 3.05) is 13.1 Å². The number of rotatable bonds is 8. The Balaban J connectivity index is 1.94. The SMILES string of the molecule is O=C(O)CCCCNC(=O)CCC1CCCCN1. The van der Waals surface area contributed by atoms with Gasteiger partial charge in [-0.25, -0.2) is 0 Å². The number of hydrogen-bond donors (Lipinski definition) is 3. The van der Waals surface area contributed by atoms with E-state index in [-0.39, 0.29) is 12.3 Å². The van der Waals surface area contributed by atoms with Crippen LogP contribution in [0.4, 0.5) is 0 Å². The minimum Gasteiger partial charge on any atom is -0.481 e. The van der Waals surface area contributed by atoms with E-state index in [1.165, 1.54) is 19.3 Å². The van der Waals surface area contributed by atoms with Crippen LogP contribution in [0.5, 0.6) is 0 Å². The molecule has 0 spiro atoms. The summed E-state index contributed by atoms with van der Waals surface area (Å²) >= 11 is 0. The highest BCUT2D eigenvalue weighted by Gasteiger charge is 2.13. The smallest absolute Gasteiger partial charge is 0.303 e. The first-order valence-electron chi connectivity index (χ1n) is 6.90. The summed E-state index contributed by atoms with van der Waals surface area (Å²) in [4.78, 5) is 21.8. The molecule has 3 N–H and O–H groups in total. The third-order valence-electron chi connectivity index (χ3n) is 3.27. The molecule has 1 rings (SSSR count). The fraction of sp³-hybridized carbons (Fsp3) is 0.846. The van der Waals surface area contributed by atoms with Gasteiger partial charge in [-0.2, -0.15) is 0 Å². The van der Waals surface area contributed by atoms with Crippen molar-refractivity contribution in [1.29, 1.82) is 0 Å². The summed E-state index contributed by atoms with van der Waals surface area (Å²) in [6.45, 7) is 1.66. The molecule has 0 aromatic rings. The third kappa shape index (κ3) is 7.27. The standard InChI is InChI=1S/C13H24N2O3/c16-12(15-10-4-2-6-13(17)18)8-7-11-5-1-3-9-14-11/h11,14H,1-10H2,(H,15,16)(H,17,18). The first kappa shape index (κ1) is 15.0. The predicted octanol–water partition coefficient (Wildman–Crippen LogP) is 1.28. The van der Waals surface area contributed by atoms with Gasteiger partial charge < -0.3 is 15.7 Å². The molecule has 1 atom stereocenters. The van der Waals surface area contributed by atoms with E-state index in [4.69, 9.17) is 5.11 Å². The van der Waals surface area contributed by atoms with Crippen LogP contribution in [0.25, 0.3) is 0 Å². The third-order valence-corrected chi connectivity index (χ3v) is 3.27. The molecule has 0 radical (unpaired) electrons. The lowest BCUT2D eigenvalue weighted by molar-refractivity contribution is -0.137. The molecule has 1 fully saturated rings. The molecule has 0 aromatic carbocycles. The molecule has 1 saturated heterocycles. The summed E-state index contributed by atoms with van der Waals surface area (Å²) in [5.74, 6) is -0.692. The van der Waals surface area contributed by atoms with Crippen LogP contribution in [0.2, 0.25) is 0 Å². The molecule has 0 aliphatic carbocycles. The minimum absolute atomic E-state index is 0.0812. The van der Waals surface area contributed by atoms with Crippen molar-refractivity contribution in [3.63, 3.8) is 0 Å². The van der Waals surface area contributed by atoms with Gasteiger partial charge in [0.05, 0.1) is 0 Å². The lowest BCUT2D eigenvalue weighted by Gasteiger charge is -2.23. The number of unbranched alkanes of at least 4 members (excludes halogenated alkanes) is 1. The molecule has 1 heterocycles. The molecule has 18 heavy (non-hydrogen) atoms. The molecule has 1 aliphatic rings. The van der Waals surface area contributed by atoms with Crippen molar-refractivity contribution in [3.05, 3.63) is 0 Å². The van der Waals surface area contributed by atoms with Crippen molar-refractivity contribution in [1.82, 2.24) is 10.6 Å². The van der Waals surface area contributed by atoms with Gasteiger partial charge in [-0.05, 0) is 38.6 Å². The van der Waals surface area contributed by atoms with E-state index in [1.54, 1.807) is 0 Å². The van der Waals surface area contributed by atoms with Gasteiger partial charge in [-0.15, -0.1) is 0 Å². The van der Waals surface area contributed by atoms with E-state index < -0.39 is 5.97 Å². The van der Waals surface area contributed by atoms with E-state index in [0.29, 0.717) is 25.4 Å². The second kappa shape index (κ2) is 8.91. The number of piperidine rings is 1. The normalized spacial score (nSPS) is 19.4. The number of hydrogen-bond acceptors (Lipinski definition) is 3. The fourth-order valence-electron chi connectivity index (χ4n) is 2.19. The van der Waals surface area contributed by atoms with E-state index in [9.17, 15) is 9.59 Å². The number of amides is 1. The highest BCUT2D eigenvalue weighted by molar-refractivity contribution is 5.75. The Morgan fingerprint density at radius 3 is 2.72 bits per heavy atom. The van der Waals surface area contributed by atoms with Crippen LogP contribution in [-0.2, 0) is 9.59 Å². The summed E-state index contributed by atoms with van der Waals surface area (Å²) in [5.41, 5.74) is 0. The van der Waals surface area contributed by atoms with Crippen LogP contribution in [0, 0.1) is 0 Å². The quantitative estimate of drug-likeness (QED) is 0.572. The van der Waals surface area contributed by atoms with Gasteiger partial charge in [-0.3, -0.25) is 9.59 Å². The number of carboxylic acids is 1. The Morgan fingerprint density at radius 1 is 1.22 bits per heavy atom. The zero-order valence-electron chi connectivity index (χ0n) is 10.9. The molecule has 1 amide bonds. The lowest BCUT2D eigenvalue weighted by atomic mass is 10.0. The molecule has 5 nitrogen and oxygen atoms in total. The summed E-state index contributed by atoms with van der Waals surface area (Å²) in [6, 6.07) is 0.497. The first-order valence-corrected chi connectivity index (χ1v) is 6.90. The molecule has 0 aromatic heterocycles. The Hall–Kier alpha value is -1.10. The maximum absolute atomic E-state index is 11.5. The largest absolute Gasteiger partial charge is 0.481 e. The molecular weight excluding hydrogens is 232 g/mol. The Labute approximate surface area is 108 Å². The van der Waals surface area contributed by atoms with Gasteiger partial charge in [0.1, 0.15) is 0 Å². The predicted molar refractivity (Wildman–Crippen MR) is 69.4 cm³/mol. The van der Waals surface area contributed by atoms with E-state index in [1.807, 2.05) is 0 Å². The minimum atomic E-state index is -0.773.